The Balaban J connectivity index is 1.76. The Morgan fingerprint density at radius 1 is 1.36 bits per heavy atom. The maximum Gasteiger partial charge on any atom is 0.241 e. The standard InChI is InChI=1S/C17H29N5O2S/c1-21(2)16(23)13-20-17(19-12-15-4-11-25-14-15)18-5-3-6-22-7-9-24-10-8-22/h4,11,14H,3,5-10,12-13H2,1-2H3,(H2,18,19,20). The summed E-state index contributed by atoms with van der Waals surface area (Å²) in [4.78, 5) is 20.3. The minimum Gasteiger partial charge on any atom is -0.379 e. The molecule has 1 saturated heterocycles. The predicted octanol–water partition coefficient (Wildman–Crippen LogP) is 0.594. The molecule has 1 aromatic rings. The van der Waals surface area contributed by atoms with Crippen LogP contribution in [0.15, 0.2) is 21.8 Å². The fourth-order valence-electron chi connectivity index (χ4n) is 2.38. The highest BCUT2D eigenvalue weighted by Crippen LogP contribution is 2.06. The molecule has 0 bridgehead atoms. The van der Waals surface area contributed by atoms with E-state index < -0.39 is 0 Å². The molecule has 2 heterocycles. The zero-order chi connectivity index (χ0) is 17.9. The smallest absolute Gasteiger partial charge is 0.241 e. The predicted molar refractivity (Wildman–Crippen MR) is 102 cm³/mol. The monoisotopic (exact) mass is 367 g/mol. The van der Waals surface area contributed by atoms with E-state index in [2.05, 4.69) is 32.0 Å². The van der Waals surface area contributed by atoms with Crippen molar-refractivity contribution in [2.75, 3.05) is 60.0 Å². The van der Waals surface area contributed by atoms with Gasteiger partial charge in [-0.05, 0) is 35.4 Å². The molecule has 0 unspecified atom stereocenters. The van der Waals surface area contributed by atoms with Gasteiger partial charge in [0.2, 0.25) is 5.91 Å². The maximum absolute atomic E-state index is 11.8. The Morgan fingerprint density at radius 2 is 2.16 bits per heavy atom. The first-order valence-corrected chi connectivity index (χ1v) is 9.63. The van der Waals surface area contributed by atoms with Crippen LogP contribution >= 0.6 is 11.3 Å². The van der Waals surface area contributed by atoms with E-state index >= 15 is 0 Å². The zero-order valence-corrected chi connectivity index (χ0v) is 16.0. The number of likely N-dealkylation sites (N-methyl/N-ethyl adjacent to an activating group) is 1. The first-order valence-electron chi connectivity index (χ1n) is 8.68. The summed E-state index contributed by atoms with van der Waals surface area (Å²) in [6, 6.07) is 2.06. The Labute approximate surface area is 154 Å². The van der Waals surface area contributed by atoms with Gasteiger partial charge in [-0.25, -0.2) is 4.99 Å². The van der Waals surface area contributed by atoms with Gasteiger partial charge >= 0.3 is 0 Å². The highest BCUT2D eigenvalue weighted by molar-refractivity contribution is 7.07. The lowest BCUT2D eigenvalue weighted by atomic mass is 10.3. The van der Waals surface area contributed by atoms with Gasteiger partial charge in [-0.15, -0.1) is 0 Å². The molecule has 8 heteroatoms. The Kier molecular flexibility index (Phi) is 8.71. The number of hydrogen-bond donors (Lipinski definition) is 2. The van der Waals surface area contributed by atoms with E-state index in [4.69, 9.17) is 4.74 Å². The van der Waals surface area contributed by atoms with Crippen LogP contribution in [0.25, 0.3) is 0 Å². The zero-order valence-electron chi connectivity index (χ0n) is 15.2. The number of nitrogens with zero attached hydrogens (tertiary/aromatic N) is 3. The number of carbonyl (C=O) groups excluding carboxylic acids is 1. The number of aliphatic imine (C=N–C) groups is 1. The number of nitrogens with one attached hydrogen (secondary N) is 2. The second-order valence-electron chi connectivity index (χ2n) is 6.17. The molecule has 1 aliphatic heterocycles. The molecular formula is C17H29N5O2S. The van der Waals surface area contributed by atoms with Crippen LogP contribution in [0.3, 0.4) is 0 Å². The van der Waals surface area contributed by atoms with Crippen molar-refractivity contribution in [3.63, 3.8) is 0 Å². The summed E-state index contributed by atoms with van der Waals surface area (Å²) in [6.45, 7) is 6.39. The second kappa shape index (κ2) is 11.1. The number of ether oxygens (including phenoxy) is 1. The summed E-state index contributed by atoms with van der Waals surface area (Å²) in [6.07, 6.45) is 1.03. The molecule has 0 atom stereocenters. The number of hydrogen-bond acceptors (Lipinski definition) is 5. The number of thiophene rings is 1. The second-order valence-corrected chi connectivity index (χ2v) is 6.95. The third-order valence-electron chi connectivity index (χ3n) is 3.95. The quantitative estimate of drug-likeness (QED) is 0.400. The van der Waals surface area contributed by atoms with Crippen LogP contribution in [0.1, 0.15) is 12.0 Å². The van der Waals surface area contributed by atoms with E-state index in [1.165, 1.54) is 5.56 Å². The third kappa shape index (κ3) is 7.85. The number of carbonyl (C=O) groups is 1. The molecule has 2 N–H and O–H groups in total. The van der Waals surface area contributed by atoms with Crippen molar-refractivity contribution < 1.29 is 9.53 Å². The molecule has 0 aromatic carbocycles. The Hall–Kier alpha value is -1.64. The first kappa shape index (κ1) is 19.7. The molecule has 2 rings (SSSR count). The average molecular weight is 368 g/mol. The van der Waals surface area contributed by atoms with Crippen molar-refractivity contribution >= 4 is 23.2 Å². The minimum absolute atomic E-state index is 0.0263. The van der Waals surface area contributed by atoms with E-state index in [1.54, 1.807) is 30.3 Å². The fourth-order valence-corrected chi connectivity index (χ4v) is 3.04. The van der Waals surface area contributed by atoms with Crippen LogP contribution in [0.5, 0.6) is 0 Å². The highest BCUT2D eigenvalue weighted by atomic mass is 32.1. The van der Waals surface area contributed by atoms with Crippen LogP contribution in [0.2, 0.25) is 0 Å². The van der Waals surface area contributed by atoms with Crippen molar-refractivity contribution in [1.82, 2.24) is 20.4 Å². The van der Waals surface area contributed by atoms with E-state index in [1.807, 2.05) is 5.38 Å². The number of amides is 1. The molecule has 1 amide bonds. The van der Waals surface area contributed by atoms with Crippen LogP contribution < -0.4 is 10.6 Å². The molecule has 25 heavy (non-hydrogen) atoms. The molecule has 0 saturated carbocycles. The van der Waals surface area contributed by atoms with Crippen LogP contribution in [0, 0.1) is 0 Å². The molecule has 140 valence electrons. The van der Waals surface area contributed by atoms with E-state index in [9.17, 15) is 4.79 Å². The first-order chi connectivity index (χ1) is 12.1. The normalized spacial score (nSPS) is 15.8. The minimum atomic E-state index is 0.0263. The molecule has 1 aromatic heterocycles. The number of rotatable bonds is 8. The number of guanidine groups is 1. The Morgan fingerprint density at radius 3 is 2.84 bits per heavy atom. The largest absolute Gasteiger partial charge is 0.379 e. The maximum atomic E-state index is 11.8. The summed E-state index contributed by atoms with van der Waals surface area (Å²) in [5, 5.41) is 10.6. The fraction of sp³-hybridized carbons (Fsp3) is 0.647. The van der Waals surface area contributed by atoms with Crippen molar-refractivity contribution in [2.45, 2.75) is 13.0 Å². The van der Waals surface area contributed by atoms with Gasteiger partial charge in [-0.2, -0.15) is 11.3 Å². The van der Waals surface area contributed by atoms with Crippen LogP contribution in [0.4, 0.5) is 0 Å². The topological polar surface area (TPSA) is 69.2 Å². The van der Waals surface area contributed by atoms with Crippen LogP contribution in [-0.4, -0.2) is 81.7 Å². The van der Waals surface area contributed by atoms with E-state index in [-0.39, 0.29) is 12.5 Å². The highest BCUT2D eigenvalue weighted by Gasteiger charge is 2.10. The lowest BCUT2D eigenvalue weighted by Crippen LogP contribution is -2.44. The summed E-state index contributed by atoms with van der Waals surface area (Å²) in [5.41, 5.74) is 1.18. The molecule has 1 fully saturated rings. The van der Waals surface area contributed by atoms with Gasteiger partial charge in [0.1, 0.15) is 0 Å². The van der Waals surface area contributed by atoms with Gasteiger partial charge < -0.3 is 20.3 Å². The Bertz CT molecular complexity index is 527. The third-order valence-corrected chi connectivity index (χ3v) is 4.69. The summed E-state index contributed by atoms with van der Waals surface area (Å²) < 4.78 is 5.36. The lowest BCUT2D eigenvalue weighted by molar-refractivity contribution is -0.127. The van der Waals surface area contributed by atoms with Gasteiger partial charge in [0.15, 0.2) is 5.96 Å². The van der Waals surface area contributed by atoms with Gasteiger partial charge in [0.05, 0.1) is 26.3 Å². The van der Waals surface area contributed by atoms with Gasteiger partial charge in [-0.1, -0.05) is 0 Å². The lowest BCUT2D eigenvalue weighted by Gasteiger charge is -2.26. The van der Waals surface area contributed by atoms with E-state index in [0.717, 1.165) is 45.8 Å². The van der Waals surface area contributed by atoms with Crippen molar-refractivity contribution in [3.8, 4) is 0 Å². The van der Waals surface area contributed by atoms with Gasteiger partial charge in [0.25, 0.3) is 0 Å². The summed E-state index contributed by atoms with van der Waals surface area (Å²) >= 11 is 1.66. The molecule has 0 aliphatic carbocycles. The molecule has 1 aliphatic rings. The van der Waals surface area contributed by atoms with Gasteiger partial charge in [-0.3, -0.25) is 9.69 Å². The van der Waals surface area contributed by atoms with Crippen molar-refractivity contribution in [2.24, 2.45) is 4.99 Å². The number of morpholine rings is 1. The van der Waals surface area contributed by atoms with Crippen molar-refractivity contribution in [1.29, 1.82) is 0 Å². The average Bonchev–Trinajstić information content (AvgIpc) is 3.14. The van der Waals surface area contributed by atoms with Crippen LogP contribution in [-0.2, 0) is 16.1 Å². The molecule has 7 nitrogen and oxygen atoms in total. The van der Waals surface area contributed by atoms with Crippen molar-refractivity contribution in [3.05, 3.63) is 22.4 Å². The molecule has 0 radical (unpaired) electrons. The molecular weight excluding hydrogens is 338 g/mol. The van der Waals surface area contributed by atoms with Gasteiger partial charge in [0, 0.05) is 33.7 Å². The summed E-state index contributed by atoms with van der Waals surface area (Å²) in [5.74, 6) is 0.710. The SMILES string of the molecule is CN(C)C(=O)CNC(=NCc1ccsc1)NCCCN1CCOCC1. The molecule has 0 spiro atoms. The van der Waals surface area contributed by atoms with E-state index in [0.29, 0.717) is 12.5 Å². The summed E-state index contributed by atoms with van der Waals surface area (Å²) in [7, 11) is 3.50.